The Morgan fingerprint density at radius 3 is 1.96 bits per heavy atom. The van der Waals surface area contributed by atoms with Gasteiger partial charge in [-0.3, -0.25) is 9.59 Å². The van der Waals surface area contributed by atoms with E-state index in [1.54, 1.807) is 48.5 Å². The fraction of sp³-hybridized carbons (Fsp3) is 0.300. The second kappa shape index (κ2) is 8.87. The third-order valence-corrected chi connectivity index (χ3v) is 4.06. The van der Waals surface area contributed by atoms with Crippen LogP contribution in [0.15, 0.2) is 48.5 Å². The molecule has 132 valence electrons. The summed E-state index contributed by atoms with van der Waals surface area (Å²) in [6.07, 6.45) is 1.39. The molecular formula is C20H22O5. The molecule has 0 bridgehead atoms. The van der Waals surface area contributed by atoms with Gasteiger partial charge in [-0.25, -0.2) is 0 Å². The highest BCUT2D eigenvalue weighted by Crippen LogP contribution is 2.19. The maximum absolute atomic E-state index is 12.3. The number of benzene rings is 2. The molecule has 5 nitrogen and oxygen atoms in total. The molecule has 1 atom stereocenters. The molecule has 0 amide bonds. The Morgan fingerprint density at radius 2 is 1.44 bits per heavy atom. The molecule has 2 aromatic rings. The number of methoxy groups -OCH3 is 1. The van der Waals surface area contributed by atoms with Gasteiger partial charge in [0.2, 0.25) is 0 Å². The molecule has 0 aliphatic carbocycles. The molecule has 0 saturated carbocycles. The van der Waals surface area contributed by atoms with Crippen LogP contribution in [0.1, 0.15) is 24.0 Å². The Hall–Kier alpha value is -2.82. The lowest BCUT2D eigenvalue weighted by Crippen LogP contribution is -2.22. The van der Waals surface area contributed by atoms with Gasteiger partial charge in [0, 0.05) is 12.8 Å². The van der Waals surface area contributed by atoms with Gasteiger partial charge in [0.15, 0.2) is 0 Å². The second-order valence-electron chi connectivity index (χ2n) is 6.00. The number of carbonyl (C=O) groups excluding carboxylic acids is 2. The quantitative estimate of drug-likeness (QED) is 0.721. The van der Waals surface area contributed by atoms with Crippen LogP contribution in [0.25, 0.3) is 0 Å². The van der Waals surface area contributed by atoms with Crippen molar-refractivity contribution in [2.75, 3.05) is 7.11 Å². The fourth-order valence-electron chi connectivity index (χ4n) is 2.65. The lowest BCUT2D eigenvalue weighted by atomic mass is 9.92. The first-order valence-electron chi connectivity index (χ1n) is 8.13. The van der Waals surface area contributed by atoms with E-state index in [2.05, 4.69) is 0 Å². The highest BCUT2D eigenvalue weighted by Gasteiger charge is 2.23. The summed E-state index contributed by atoms with van der Waals surface area (Å²) < 4.78 is 4.82. The van der Waals surface area contributed by atoms with Gasteiger partial charge >= 0.3 is 5.97 Å². The molecule has 0 fully saturated rings. The Kier molecular flexibility index (Phi) is 6.57. The average molecular weight is 342 g/mol. The van der Waals surface area contributed by atoms with E-state index in [-0.39, 0.29) is 23.7 Å². The van der Waals surface area contributed by atoms with E-state index in [9.17, 15) is 19.8 Å². The van der Waals surface area contributed by atoms with E-state index < -0.39 is 11.9 Å². The summed E-state index contributed by atoms with van der Waals surface area (Å²) in [5.41, 5.74) is 1.82. The van der Waals surface area contributed by atoms with Gasteiger partial charge in [-0.05, 0) is 48.2 Å². The van der Waals surface area contributed by atoms with E-state index in [0.29, 0.717) is 19.3 Å². The summed E-state index contributed by atoms with van der Waals surface area (Å²) in [6, 6.07) is 13.3. The summed E-state index contributed by atoms with van der Waals surface area (Å²) in [4.78, 5) is 24.2. The predicted molar refractivity (Wildman–Crippen MR) is 93.4 cm³/mol. The predicted octanol–water partition coefficient (Wildman–Crippen LogP) is 3.02. The van der Waals surface area contributed by atoms with Crippen LogP contribution < -0.4 is 0 Å². The molecule has 25 heavy (non-hydrogen) atoms. The van der Waals surface area contributed by atoms with Gasteiger partial charge in [0.25, 0.3) is 0 Å². The molecule has 2 N–H and O–H groups in total. The first-order valence-corrected chi connectivity index (χ1v) is 8.13. The highest BCUT2D eigenvalue weighted by atomic mass is 16.5. The normalized spacial score (nSPS) is 11.7. The fourth-order valence-corrected chi connectivity index (χ4v) is 2.65. The minimum atomic E-state index is -0.540. The third kappa shape index (κ3) is 5.95. The molecule has 0 unspecified atom stereocenters. The zero-order chi connectivity index (χ0) is 18.2. The second-order valence-corrected chi connectivity index (χ2v) is 6.00. The van der Waals surface area contributed by atoms with Crippen LogP contribution in [0.3, 0.4) is 0 Å². The smallest absolute Gasteiger partial charge is 0.309 e. The third-order valence-electron chi connectivity index (χ3n) is 4.06. The SMILES string of the molecule is COC(=O)[C@@H](CC(=O)CCc1ccc(O)cc1)Cc1ccc(O)cc1. The number of esters is 1. The minimum absolute atomic E-state index is 0.0118. The monoisotopic (exact) mass is 342 g/mol. The van der Waals surface area contributed by atoms with Crippen LogP contribution in [0.5, 0.6) is 11.5 Å². The number of ether oxygens (including phenoxy) is 1. The van der Waals surface area contributed by atoms with Gasteiger partial charge < -0.3 is 14.9 Å². The molecule has 0 radical (unpaired) electrons. The Bertz CT molecular complexity index is 704. The van der Waals surface area contributed by atoms with Crippen molar-refractivity contribution in [3.8, 4) is 11.5 Å². The van der Waals surface area contributed by atoms with Gasteiger partial charge in [-0.1, -0.05) is 24.3 Å². The number of carbonyl (C=O) groups is 2. The summed E-state index contributed by atoms with van der Waals surface area (Å²) in [5, 5.41) is 18.6. The van der Waals surface area contributed by atoms with Crippen molar-refractivity contribution in [2.45, 2.75) is 25.7 Å². The molecule has 0 aliphatic heterocycles. The lowest BCUT2D eigenvalue weighted by Gasteiger charge is -2.14. The number of phenolic OH excluding ortho intramolecular Hbond substituents is 2. The van der Waals surface area contributed by atoms with E-state index in [1.165, 1.54) is 7.11 Å². The molecule has 2 aromatic carbocycles. The Balaban J connectivity index is 1.93. The zero-order valence-corrected chi connectivity index (χ0v) is 14.1. The Morgan fingerprint density at radius 1 is 0.920 bits per heavy atom. The average Bonchev–Trinajstić information content (AvgIpc) is 2.62. The molecule has 2 rings (SSSR count). The highest BCUT2D eigenvalue weighted by molar-refractivity contribution is 5.84. The van der Waals surface area contributed by atoms with Crippen molar-refractivity contribution >= 4 is 11.8 Å². The van der Waals surface area contributed by atoms with Crippen molar-refractivity contribution < 1.29 is 24.5 Å². The van der Waals surface area contributed by atoms with E-state index in [4.69, 9.17) is 4.74 Å². The van der Waals surface area contributed by atoms with Crippen LogP contribution in [-0.2, 0) is 27.2 Å². The topological polar surface area (TPSA) is 83.8 Å². The van der Waals surface area contributed by atoms with Crippen LogP contribution in [-0.4, -0.2) is 29.1 Å². The summed E-state index contributed by atoms with van der Waals surface area (Å²) in [5.74, 6) is -0.617. The lowest BCUT2D eigenvalue weighted by molar-refractivity contribution is -0.147. The van der Waals surface area contributed by atoms with Gasteiger partial charge in [-0.15, -0.1) is 0 Å². The number of hydrogen-bond donors (Lipinski definition) is 2. The first-order chi connectivity index (χ1) is 12.0. The van der Waals surface area contributed by atoms with Crippen LogP contribution in [0.2, 0.25) is 0 Å². The standard InChI is InChI=1S/C20H22O5/c1-25-20(24)16(12-15-5-9-18(22)10-6-15)13-19(23)11-4-14-2-7-17(21)8-3-14/h2-3,5-10,16,21-22H,4,11-13H2,1H3/t16-/m1/s1. The number of hydrogen-bond acceptors (Lipinski definition) is 5. The molecular weight excluding hydrogens is 320 g/mol. The van der Waals surface area contributed by atoms with Crippen molar-refractivity contribution in [3.05, 3.63) is 59.7 Å². The molecule has 0 aromatic heterocycles. The molecule has 0 spiro atoms. The maximum Gasteiger partial charge on any atom is 0.309 e. The number of Topliss-reactive ketones (excluding diaryl/α,β-unsaturated/α-hetero) is 1. The van der Waals surface area contributed by atoms with E-state index >= 15 is 0 Å². The number of rotatable bonds is 8. The first kappa shape index (κ1) is 18.5. The summed E-state index contributed by atoms with van der Waals surface area (Å²) in [7, 11) is 1.31. The summed E-state index contributed by atoms with van der Waals surface area (Å²) >= 11 is 0. The minimum Gasteiger partial charge on any atom is -0.508 e. The maximum atomic E-state index is 12.3. The van der Waals surface area contributed by atoms with E-state index in [1.807, 2.05) is 0 Å². The van der Waals surface area contributed by atoms with Gasteiger partial charge in [0.1, 0.15) is 17.3 Å². The Labute approximate surface area is 146 Å². The van der Waals surface area contributed by atoms with Crippen molar-refractivity contribution in [1.82, 2.24) is 0 Å². The number of aryl methyl sites for hydroxylation is 1. The number of aromatic hydroxyl groups is 2. The van der Waals surface area contributed by atoms with Crippen molar-refractivity contribution in [3.63, 3.8) is 0 Å². The van der Waals surface area contributed by atoms with E-state index in [0.717, 1.165) is 11.1 Å². The van der Waals surface area contributed by atoms with Crippen molar-refractivity contribution in [2.24, 2.45) is 5.92 Å². The molecule has 0 saturated heterocycles. The van der Waals surface area contributed by atoms with Crippen molar-refractivity contribution in [1.29, 1.82) is 0 Å². The van der Waals surface area contributed by atoms with Crippen LogP contribution in [0.4, 0.5) is 0 Å². The largest absolute Gasteiger partial charge is 0.508 e. The summed E-state index contributed by atoms with van der Waals surface area (Å²) in [6.45, 7) is 0. The number of ketones is 1. The number of phenols is 2. The molecule has 0 heterocycles. The molecule has 0 aliphatic rings. The zero-order valence-electron chi connectivity index (χ0n) is 14.1. The molecule has 5 heteroatoms. The van der Waals surface area contributed by atoms with Gasteiger partial charge in [-0.2, -0.15) is 0 Å². The van der Waals surface area contributed by atoms with Crippen LogP contribution >= 0.6 is 0 Å². The van der Waals surface area contributed by atoms with Gasteiger partial charge in [0.05, 0.1) is 13.0 Å². The van der Waals surface area contributed by atoms with Crippen LogP contribution in [0, 0.1) is 5.92 Å².